The van der Waals surface area contributed by atoms with Gasteiger partial charge in [-0.05, 0) is 45.7 Å². The normalized spacial score (nSPS) is 20.7. The van der Waals surface area contributed by atoms with Gasteiger partial charge in [0.15, 0.2) is 5.69 Å². The molecule has 25 heavy (non-hydrogen) atoms. The summed E-state index contributed by atoms with van der Waals surface area (Å²) in [5.41, 5.74) is 1.07. The lowest BCUT2D eigenvalue weighted by Crippen LogP contribution is -2.44. The van der Waals surface area contributed by atoms with Crippen LogP contribution in [0, 0.1) is 6.92 Å². The molecular formula is C17H24N6OS. The lowest BCUT2D eigenvalue weighted by atomic mass is 9.98. The Morgan fingerprint density at radius 3 is 2.80 bits per heavy atom. The van der Waals surface area contributed by atoms with Gasteiger partial charge in [0.25, 0.3) is 5.91 Å². The highest BCUT2D eigenvalue weighted by molar-refractivity contribution is 7.09. The summed E-state index contributed by atoms with van der Waals surface area (Å²) in [4.78, 5) is 17.5. The average molecular weight is 360 g/mol. The molecule has 1 saturated carbocycles. The summed E-state index contributed by atoms with van der Waals surface area (Å²) in [7, 11) is 0. The van der Waals surface area contributed by atoms with Crippen LogP contribution in [-0.4, -0.2) is 39.0 Å². The van der Waals surface area contributed by atoms with Crippen LogP contribution in [0.4, 0.5) is 0 Å². The highest BCUT2D eigenvalue weighted by atomic mass is 32.1. The summed E-state index contributed by atoms with van der Waals surface area (Å²) in [5.74, 6) is -0.144. The maximum Gasteiger partial charge on any atom is 0.274 e. The third-order valence-electron chi connectivity index (χ3n) is 5.26. The molecule has 1 amide bonds. The highest BCUT2D eigenvalue weighted by Crippen LogP contribution is 2.40. The first-order chi connectivity index (χ1) is 12.2. The van der Waals surface area contributed by atoms with E-state index in [2.05, 4.69) is 31.3 Å². The van der Waals surface area contributed by atoms with E-state index < -0.39 is 0 Å². The molecule has 4 rings (SSSR count). The van der Waals surface area contributed by atoms with E-state index >= 15 is 0 Å². The second-order valence-electron chi connectivity index (χ2n) is 7.10. The highest BCUT2D eigenvalue weighted by Gasteiger charge is 2.40. The molecule has 8 heteroatoms. The summed E-state index contributed by atoms with van der Waals surface area (Å²) in [6.07, 6.45) is 7.93. The Labute approximate surface area is 151 Å². The van der Waals surface area contributed by atoms with E-state index in [-0.39, 0.29) is 11.4 Å². The van der Waals surface area contributed by atoms with Crippen LogP contribution >= 0.6 is 11.3 Å². The number of carbonyl (C=O) groups excluding carboxylic acids is 1. The van der Waals surface area contributed by atoms with Crippen molar-refractivity contribution in [2.45, 2.75) is 57.0 Å². The van der Waals surface area contributed by atoms with Crippen LogP contribution in [0.25, 0.3) is 0 Å². The van der Waals surface area contributed by atoms with Gasteiger partial charge >= 0.3 is 0 Å². The zero-order valence-electron chi connectivity index (χ0n) is 14.5. The molecule has 2 N–H and O–H groups in total. The number of thiazole rings is 1. The van der Waals surface area contributed by atoms with Crippen molar-refractivity contribution in [3.8, 4) is 0 Å². The number of piperidine rings is 1. The number of amides is 1. The van der Waals surface area contributed by atoms with Crippen LogP contribution in [0.2, 0.25) is 0 Å². The predicted molar refractivity (Wildman–Crippen MR) is 95.6 cm³/mol. The van der Waals surface area contributed by atoms with Crippen LogP contribution in [0.15, 0.2) is 11.6 Å². The molecule has 0 unspecified atom stereocenters. The minimum absolute atomic E-state index is 0.144. The summed E-state index contributed by atoms with van der Waals surface area (Å²) in [6.45, 7) is 3.96. The van der Waals surface area contributed by atoms with Gasteiger partial charge in [0.2, 0.25) is 0 Å². The maximum atomic E-state index is 12.8. The molecule has 0 atom stereocenters. The molecule has 2 aliphatic rings. The fourth-order valence-electron chi connectivity index (χ4n) is 3.86. The SMILES string of the molecule is Cc1csc(C2(NC(=O)c3cn(C4CCNCC4)nn3)CCCC2)n1. The van der Waals surface area contributed by atoms with Crippen molar-refractivity contribution in [1.29, 1.82) is 0 Å². The third-order valence-corrected chi connectivity index (χ3v) is 6.43. The van der Waals surface area contributed by atoms with Crippen molar-refractivity contribution in [2.75, 3.05) is 13.1 Å². The summed E-state index contributed by atoms with van der Waals surface area (Å²) < 4.78 is 1.85. The van der Waals surface area contributed by atoms with Gasteiger partial charge in [0.05, 0.1) is 17.8 Å². The zero-order valence-corrected chi connectivity index (χ0v) is 15.3. The predicted octanol–water partition coefficient (Wildman–Crippen LogP) is 2.17. The lowest BCUT2D eigenvalue weighted by molar-refractivity contribution is 0.0892. The Kier molecular flexibility index (Phi) is 4.56. The quantitative estimate of drug-likeness (QED) is 0.873. The molecule has 134 valence electrons. The van der Waals surface area contributed by atoms with E-state index in [1.165, 1.54) is 0 Å². The van der Waals surface area contributed by atoms with Gasteiger partial charge in [0, 0.05) is 11.1 Å². The van der Waals surface area contributed by atoms with Gasteiger partial charge < -0.3 is 10.6 Å². The standard InChI is InChI=1S/C17H24N6OS/c1-12-11-25-16(19-12)17(6-2-3-7-17)20-15(24)14-10-23(22-21-14)13-4-8-18-9-5-13/h10-11,13,18H,2-9H2,1H3,(H,20,24). The Bertz CT molecular complexity index is 742. The smallest absolute Gasteiger partial charge is 0.274 e. The number of nitrogens with zero attached hydrogens (tertiary/aromatic N) is 4. The monoisotopic (exact) mass is 360 g/mol. The van der Waals surface area contributed by atoms with Crippen molar-refractivity contribution in [3.63, 3.8) is 0 Å². The third kappa shape index (κ3) is 3.32. The van der Waals surface area contributed by atoms with Crippen molar-refractivity contribution in [3.05, 3.63) is 28.0 Å². The van der Waals surface area contributed by atoms with Crippen LogP contribution in [0.1, 0.15) is 65.8 Å². The van der Waals surface area contributed by atoms with E-state index in [0.29, 0.717) is 11.7 Å². The summed E-state index contributed by atoms with van der Waals surface area (Å²) >= 11 is 1.64. The van der Waals surface area contributed by atoms with E-state index in [9.17, 15) is 4.79 Å². The Morgan fingerprint density at radius 2 is 2.12 bits per heavy atom. The molecule has 2 aromatic rings. The number of carbonyl (C=O) groups is 1. The first-order valence-electron chi connectivity index (χ1n) is 9.04. The van der Waals surface area contributed by atoms with Crippen molar-refractivity contribution < 1.29 is 4.79 Å². The zero-order chi connectivity index (χ0) is 17.3. The van der Waals surface area contributed by atoms with Gasteiger partial charge in [-0.25, -0.2) is 9.67 Å². The Morgan fingerprint density at radius 1 is 1.36 bits per heavy atom. The van der Waals surface area contributed by atoms with Gasteiger partial charge in [-0.2, -0.15) is 0 Å². The number of hydrogen-bond donors (Lipinski definition) is 2. The van der Waals surface area contributed by atoms with Crippen LogP contribution < -0.4 is 10.6 Å². The van der Waals surface area contributed by atoms with Crippen molar-refractivity contribution in [1.82, 2.24) is 30.6 Å². The summed E-state index contributed by atoms with van der Waals surface area (Å²) in [6, 6.07) is 0.331. The van der Waals surface area contributed by atoms with Crippen molar-refractivity contribution in [2.24, 2.45) is 0 Å². The molecule has 0 bridgehead atoms. The molecule has 1 aliphatic heterocycles. The van der Waals surface area contributed by atoms with Gasteiger partial charge in [-0.3, -0.25) is 4.79 Å². The molecule has 3 heterocycles. The van der Waals surface area contributed by atoms with Gasteiger partial charge in [-0.1, -0.05) is 18.1 Å². The molecule has 0 radical (unpaired) electrons. The van der Waals surface area contributed by atoms with E-state index in [0.717, 1.165) is 62.3 Å². The molecule has 2 fully saturated rings. The number of rotatable bonds is 4. The van der Waals surface area contributed by atoms with Crippen molar-refractivity contribution >= 4 is 17.2 Å². The first-order valence-corrected chi connectivity index (χ1v) is 9.92. The molecule has 2 aromatic heterocycles. The molecular weight excluding hydrogens is 336 g/mol. The second-order valence-corrected chi connectivity index (χ2v) is 7.96. The maximum absolute atomic E-state index is 12.8. The van der Waals surface area contributed by atoms with E-state index in [1.807, 2.05) is 11.6 Å². The largest absolute Gasteiger partial charge is 0.339 e. The van der Waals surface area contributed by atoms with Crippen LogP contribution in [-0.2, 0) is 5.54 Å². The minimum atomic E-state index is -0.339. The van der Waals surface area contributed by atoms with Crippen LogP contribution in [0.5, 0.6) is 0 Å². The molecule has 1 saturated heterocycles. The van der Waals surface area contributed by atoms with Crippen LogP contribution in [0.3, 0.4) is 0 Å². The Balaban J connectivity index is 1.51. The first kappa shape index (κ1) is 16.7. The summed E-state index contributed by atoms with van der Waals surface area (Å²) in [5, 5.41) is 18.0. The van der Waals surface area contributed by atoms with E-state index in [1.54, 1.807) is 17.5 Å². The fourth-order valence-corrected chi connectivity index (χ4v) is 4.87. The number of aromatic nitrogens is 4. The van der Waals surface area contributed by atoms with E-state index in [4.69, 9.17) is 0 Å². The minimum Gasteiger partial charge on any atom is -0.339 e. The second kappa shape index (κ2) is 6.84. The number of aryl methyl sites for hydroxylation is 1. The van der Waals surface area contributed by atoms with Gasteiger partial charge in [0.1, 0.15) is 5.01 Å². The lowest BCUT2D eigenvalue weighted by Gasteiger charge is -2.27. The molecule has 1 aliphatic carbocycles. The molecule has 0 spiro atoms. The molecule has 7 nitrogen and oxygen atoms in total. The topological polar surface area (TPSA) is 84.7 Å². The number of hydrogen-bond acceptors (Lipinski definition) is 6. The fraction of sp³-hybridized carbons (Fsp3) is 0.647. The average Bonchev–Trinajstić information content (AvgIpc) is 3.36. The Hall–Kier alpha value is -1.80. The molecule has 0 aromatic carbocycles. The van der Waals surface area contributed by atoms with Gasteiger partial charge in [-0.15, -0.1) is 16.4 Å². The number of nitrogens with one attached hydrogen (secondary N) is 2.